The van der Waals surface area contributed by atoms with E-state index >= 15 is 0 Å². The molecule has 0 bridgehead atoms. The molecule has 2 unspecified atom stereocenters. The third kappa shape index (κ3) is 0.579. The van der Waals surface area contributed by atoms with Crippen molar-refractivity contribution >= 4 is 11.6 Å². The first-order chi connectivity index (χ1) is 3.63. The lowest BCUT2D eigenvalue weighted by atomic mass is 10.4. The Morgan fingerprint density at radius 2 is 1.75 bits per heavy atom. The van der Waals surface area contributed by atoms with E-state index in [1.54, 1.807) is 7.11 Å². The van der Waals surface area contributed by atoms with E-state index in [9.17, 15) is 0 Å². The summed E-state index contributed by atoms with van der Waals surface area (Å²) in [6.45, 7) is 4.20. The SMILES string of the molecule is COC1(Cl)C(C)C1C. The highest BCUT2D eigenvalue weighted by Crippen LogP contribution is 2.55. The monoisotopic (exact) mass is 134 g/mol. The zero-order chi connectivity index (χ0) is 6.36. The summed E-state index contributed by atoms with van der Waals surface area (Å²) in [5, 5.41) is -0.319. The third-order valence-electron chi connectivity index (χ3n) is 2.20. The first kappa shape index (κ1) is 6.37. The Kier molecular flexibility index (Phi) is 1.28. The zero-order valence-corrected chi connectivity index (χ0v) is 6.20. The molecule has 1 aliphatic rings. The van der Waals surface area contributed by atoms with Gasteiger partial charge in [-0.1, -0.05) is 25.4 Å². The largest absolute Gasteiger partial charge is 0.362 e. The van der Waals surface area contributed by atoms with Gasteiger partial charge in [-0.05, 0) is 0 Å². The van der Waals surface area contributed by atoms with E-state index in [1.807, 2.05) is 0 Å². The average Bonchev–Trinajstić information content (AvgIpc) is 2.22. The van der Waals surface area contributed by atoms with Gasteiger partial charge in [-0.3, -0.25) is 0 Å². The lowest BCUT2D eigenvalue weighted by molar-refractivity contribution is 0.128. The molecule has 0 aromatic carbocycles. The number of alkyl halides is 1. The van der Waals surface area contributed by atoms with Crippen LogP contribution in [-0.2, 0) is 4.74 Å². The van der Waals surface area contributed by atoms with Crippen molar-refractivity contribution in [3.8, 4) is 0 Å². The molecule has 0 heterocycles. The van der Waals surface area contributed by atoms with Crippen LogP contribution in [0.15, 0.2) is 0 Å². The van der Waals surface area contributed by atoms with Crippen molar-refractivity contribution in [1.82, 2.24) is 0 Å². The number of methoxy groups -OCH3 is 1. The molecule has 1 saturated carbocycles. The average molecular weight is 135 g/mol. The lowest BCUT2D eigenvalue weighted by Crippen LogP contribution is -2.04. The van der Waals surface area contributed by atoms with Crippen LogP contribution in [0.5, 0.6) is 0 Å². The Morgan fingerprint density at radius 1 is 1.38 bits per heavy atom. The molecule has 0 aliphatic heterocycles. The van der Waals surface area contributed by atoms with E-state index in [0.29, 0.717) is 11.8 Å². The molecule has 0 saturated heterocycles. The molecule has 0 radical (unpaired) electrons. The summed E-state index contributed by atoms with van der Waals surface area (Å²) in [6.07, 6.45) is 0. The zero-order valence-electron chi connectivity index (χ0n) is 5.44. The molecule has 0 aromatic rings. The highest BCUT2D eigenvalue weighted by atomic mass is 35.5. The quantitative estimate of drug-likeness (QED) is 0.498. The molecule has 1 fully saturated rings. The molecule has 1 rings (SSSR count). The van der Waals surface area contributed by atoms with Gasteiger partial charge in [0, 0.05) is 18.9 Å². The summed E-state index contributed by atoms with van der Waals surface area (Å²) in [6, 6.07) is 0. The molecule has 2 heteroatoms. The van der Waals surface area contributed by atoms with Gasteiger partial charge < -0.3 is 4.74 Å². The Morgan fingerprint density at radius 3 is 1.75 bits per heavy atom. The number of hydrogen-bond acceptors (Lipinski definition) is 1. The van der Waals surface area contributed by atoms with Gasteiger partial charge in [0.15, 0.2) is 0 Å². The fourth-order valence-electron chi connectivity index (χ4n) is 1.06. The summed E-state index contributed by atoms with van der Waals surface area (Å²) in [5.74, 6) is 1.04. The van der Waals surface area contributed by atoms with Crippen LogP contribution in [0.4, 0.5) is 0 Å². The maximum absolute atomic E-state index is 5.91. The van der Waals surface area contributed by atoms with Crippen molar-refractivity contribution in [3.63, 3.8) is 0 Å². The molecule has 48 valence electrons. The highest BCUT2D eigenvalue weighted by Gasteiger charge is 2.59. The van der Waals surface area contributed by atoms with E-state index < -0.39 is 0 Å². The molecule has 1 nitrogen and oxygen atoms in total. The van der Waals surface area contributed by atoms with Crippen molar-refractivity contribution in [1.29, 1.82) is 0 Å². The Balaban J connectivity index is 2.50. The van der Waals surface area contributed by atoms with Gasteiger partial charge in [0.25, 0.3) is 0 Å². The van der Waals surface area contributed by atoms with Gasteiger partial charge in [0.2, 0.25) is 0 Å². The van der Waals surface area contributed by atoms with E-state index in [0.717, 1.165) is 0 Å². The van der Waals surface area contributed by atoms with Crippen LogP contribution in [0.1, 0.15) is 13.8 Å². The normalized spacial score (nSPS) is 54.0. The summed E-state index contributed by atoms with van der Waals surface area (Å²) < 4.78 is 5.04. The second kappa shape index (κ2) is 1.61. The topological polar surface area (TPSA) is 9.23 Å². The molecular weight excluding hydrogens is 124 g/mol. The minimum Gasteiger partial charge on any atom is -0.362 e. The second-order valence-electron chi connectivity index (χ2n) is 2.48. The molecule has 0 spiro atoms. The van der Waals surface area contributed by atoms with Crippen LogP contribution in [0, 0.1) is 11.8 Å². The van der Waals surface area contributed by atoms with E-state index in [4.69, 9.17) is 16.3 Å². The third-order valence-corrected chi connectivity index (χ3v) is 3.04. The Labute approximate surface area is 55.0 Å². The fourth-order valence-corrected chi connectivity index (χ4v) is 1.37. The van der Waals surface area contributed by atoms with Gasteiger partial charge >= 0.3 is 0 Å². The second-order valence-corrected chi connectivity index (χ2v) is 3.07. The minimum atomic E-state index is -0.319. The molecule has 0 N–H and O–H groups in total. The standard InChI is InChI=1S/C6H11ClO/c1-4-5(2)6(4,7)8-3/h4-5H,1-3H3. The minimum absolute atomic E-state index is 0.319. The summed E-state index contributed by atoms with van der Waals surface area (Å²) >= 11 is 5.91. The van der Waals surface area contributed by atoms with E-state index in [2.05, 4.69) is 13.8 Å². The van der Waals surface area contributed by atoms with Crippen LogP contribution < -0.4 is 0 Å². The van der Waals surface area contributed by atoms with E-state index in [1.165, 1.54) is 0 Å². The van der Waals surface area contributed by atoms with Crippen molar-refractivity contribution < 1.29 is 4.74 Å². The van der Waals surface area contributed by atoms with Gasteiger partial charge in [-0.15, -0.1) is 0 Å². The fraction of sp³-hybridized carbons (Fsp3) is 1.00. The summed E-state index contributed by atoms with van der Waals surface area (Å²) in [4.78, 5) is 0. The number of rotatable bonds is 1. The first-order valence-corrected chi connectivity index (χ1v) is 3.24. The van der Waals surface area contributed by atoms with Gasteiger partial charge in [0.05, 0.1) is 0 Å². The van der Waals surface area contributed by atoms with Crippen LogP contribution in [0.3, 0.4) is 0 Å². The molecule has 1 aliphatic carbocycles. The number of ether oxygens (including phenoxy) is 1. The van der Waals surface area contributed by atoms with Crippen molar-refractivity contribution in [3.05, 3.63) is 0 Å². The van der Waals surface area contributed by atoms with Crippen molar-refractivity contribution in [2.75, 3.05) is 7.11 Å². The molecule has 2 atom stereocenters. The number of halogens is 1. The molecule has 0 aromatic heterocycles. The maximum Gasteiger partial charge on any atom is 0.147 e. The first-order valence-electron chi connectivity index (χ1n) is 2.87. The van der Waals surface area contributed by atoms with Gasteiger partial charge in [0.1, 0.15) is 5.06 Å². The van der Waals surface area contributed by atoms with Crippen LogP contribution in [0.2, 0.25) is 0 Å². The van der Waals surface area contributed by atoms with Gasteiger partial charge in [-0.2, -0.15) is 0 Å². The number of hydrogen-bond donors (Lipinski definition) is 0. The summed E-state index contributed by atoms with van der Waals surface area (Å²) in [7, 11) is 1.66. The molecule has 8 heavy (non-hydrogen) atoms. The lowest BCUT2D eigenvalue weighted by Gasteiger charge is -2.02. The van der Waals surface area contributed by atoms with Crippen LogP contribution >= 0.6 is 11.6 Å². The predicted molar refractivity (Wildman–Crippen MR) is 33.9 cm³/mol. The van der Waals surface area contributed by atoms with Gasteiger partial charge in [-0.25, -0.2) is 0 Å². The van der Waals surface area contributed by atoms with Crippen molar-refractivity contribution in [2.45, 2.75) is 18.9 Å². The predicted octanol–water partition coefficient (Wildman–Crippen LogP) is 1.85. The van der Waals surface area contributed by atoms with E-state index in [-0.39, 0.29) is 5.06 Å². The maximum atomic E-state index is 5.91. The highest BCUT2D eigenvalue weighted by molar-refractivity contribution is 6.25. The summed E-state index contributed by atoms with van der Waals surface area (Å²) in [5.41, 5.74) is 0. The van der Waals surface area contributed by atoms with Crippen molar-refractivity contribution in [2.24, 2.45) is 11.8 Å². The molecule has 0 amide bonds. The Bertz CT molecular complexity index is 94.7. The Hall–Kier alpha value is 0.250. The van der Waals surface area contributed by atoms with Crippen LogP contribution in [-0.4, -0.2) is 12.2 Å². The van der Waals surface area contributed by atoms with Crippen LogP contribution in [0.25, 0.3) is 0 Å². The molecular formula is C6H11ClO. The smallest absolute Gasteiger partial charge is 0.147 e.